The zero-order chi connectivity index (χ0) is 11.7. The summed E-state index contributed by atoms with van der Waals surface area (Å²) in [5, 5.41) is 21.5. The molecule has 0 atom stereocenters. The third-order valence-electron chi connectivity index (χ3n) is 1.85. The second-order valence-electron chi connectivity index (χ2n) is 3.17. The molecule has 15 heavy (non-hydrogen) atoms. The Balaban J connectivity index is 3.71. The van der Waals surface area contributed by atoms with Gasteiger partial charge in [-0.2, -0.15) is 0 Å². The van der Waals surface area contributed by atoms with Crippen LogP contribution in [0.4, 0.5) is 0 Å². The van der Waals surface area contributed by atoms with E-state index in [1.54, 1.807) is 4.90 Å². The summed E-state index contributed by atoms with van der Waals surface area (Å²) in [6.07, 6.45) is -0.0694. The van der Waals surface area contributed by atoms with E-state index in [9.17, 15) is 14.7 Å². The molecule has 0 heterocycles. The Morgan fingerprint density at radius 2 is 2.00 bits per heavy atom. The van der Waals surface area contributed by atoms with Gasteiger partial charge in [0.1, 0.15) is 0 Å². The van der Waals surface area contributed by atoms with Crippen LogP contribution < -0.4 is 10.4 Å². The van der Waals surface area contributed by atoms with Gasteiger partial charge in [-0.05, 0) is 6.42 Å². The van der Waals surface area contributed by atoms with E-state index < -0.39 is 5.97 Å². The summed E-state index contributed by atoms with van der Waals surface area (Å²) in [6, 6.07) is 0. The first-order valence-electron chi connectivity index (χ1n) is 4.83. The van der Waals surface area contributed by atoms with Crippen molar-refractivity contribution in [2.24, 2.45) is 0 Å². The van der Waals surface area contributed by atoms with Crippen molar-refractivity contribution in [3.05, 3.63) is 0 Å². The molecular weight excluding hydrogens is 200 g/mol. The fourth-order valence-electron chi connectivity index (χ4n) is 1.12. The van der Waals surface area contributed by atoms with Crippen LogP contribution in [-0.4, -0.2) is 54.7 Å². The summed E-state index contributed by atoms with van der Waals surface area (Å²) in [7, 11) is 0. The Kier molecular flexibility index (Phi) is 7.57. The molecule has 0 bridgehead atoms. The maximum Gasteiger partial charge on any atom is 0.216 e. The number of aliphatic hydroxyl groups excluding tert-OH is 1. The van der Waals surface area contributed by atoms with Gasteiger partial charge in [-0.25, -0.2) is 0 Å². The van der Waals surface area contributed by atoms with E-state index in [2.05, 4.69) is 5.32 Å². The van der Waals surface area contributed by atoms with Crippen LogP contribution in [0.1, 0.15) is 13.3 Å². The Labute approximate surface area is 88.9 Å². The largest absolute Gasteiger partial charge is 0.550 e. The van der Waals surface area contributed by atoms with Gasteiger partial charge in [0, 0.05) is 39.1 Å². The Morgan fingerprint density at radius 1 is 1.33 bits per heavy atom. The molecule has 1 amide bonds. The van der Waals surface area contributed by atoms with E-state index >= 15 is 0 Å². The van der Waals surface area contributed by atoms with Crippen LogP contribution >= 0.6 is 0 Å². The number of rotatable bonds is 8. The molecule has 0 radical (unpaired) electrons. The standard InChI is InChI=1S/C9H18N2O4/c1-8(13)10-3-5-11(6-7-12)4-2-9(14)15/h12H,2-7H2,1H3,(H,10,13)(H,14,15)/p-1. The molecule has 0 saturated heterocycles. The predicted molar refractivity (Wildman–Crippen MR) is 51.8 cm³/mol. The molecule has 0 spiro atoms. The number of hydrogen-bond acceptors (Lipinski definition) is 5. The Hall–Kier alpha value is -1.14. The van der Waals surface area contributed by atoms with E-state index in [-0.39, 0.29) is 18.9 Å². The van der Waals surface area contributed by atoms with Gasteiger partial charge in [-0.15, -0.1) is 0 Å². The van der Waals surface area contributed by atoms with Crippen LogP contribution in [0.15, 0.2) is 0 Å². The first kappa shape index (κ1) is 13.9. The molecular formula is C9H17N2O4-. The molecule has 6 nitrogen and oxygen atoms in total. The van der Waals surface area contributed by atoms with Crippen LogP contribution in [0.2, 0.25) is 0 Å². The summed E-state index contributed by atoms with van der Waals surface area (Å²) in [6.45, 7) is 3.07. The molecule has 0 aliphatic rings. The molecule has 0 aliphatic heterocycles. The maximum atomic E-state index is 10.6. The lowest BCUT2D eigenvalue weighted by Crippen LogP contribution is -2.38. The lowest BCUT2D eigenvalue weighted by molar-refractivity contribution is -0.305. The molecule has 0 aromatic carbocycles. The number of aliphatic hydroxyl groups is 1. The van der Waals surface area contributed by atoms with Gasteiger partial charge in [0.05, 0.1) is 6.61 Å². The monoisotopic (exact) mass is 217 g/mol. The summed E-state index contributed by atoms with van der Waals surface area (Å²) in [5.74, 6) is -1.24. The number of aliphatic carboxylic acids is 1. The minimum atomic E-state index is -1.11. The summed E-state index contributed by atoms with van der Waals surface area (Å²) >= 11 is 0. The molecule has 88 valence electrons. The topological polar surface area (TPSA) is 92.7 Å². The normalized spacial score (nSPS) is 10.3. The van der Waals surface area contributed by atoms with Crippen LogP contribution in [0, 0.1) is 0 Å². The van der Waals surface area contributed by atoms with Crippen molar-refractivity contribution in [2.45, 2.75) is 13.3 Å². The number of carboxylic acids is 1. The van der Waals surface area contributed by atoms with Crippen molar-refractivity contribution in [3.8, 4) is 0 Å². The molecule has 0 rings (SSSR count). The van der Waals surface area contributed by atoms with E-state index in [0.717, 1.165) is 0 Å². The van der Waals surface area contributed by atoms with Gasteiger partial charge in [0.25, 0.3) is 0 Å². The van der Waals surface area contributed by atoms with Crippen LogP contribution in [0.3, 0.4) is 0 Å². The van der Waals surface area contributed by atoms with Gasteiger partial charge in [-0.1, -0.05) is 0 Å². The SMILES string of the molecule is CC(=O)NCCN(CCO)CCC(=O)[O-]. The van der Waals surface area contributed by atoms with E-state index in [1.807, 2.05) is 0 Å². The molecule has 0 saturated carbocycles. The van der Waals surface area contributed by atoms with Crippen molar-refractivity contribution in [3.63, 3.8) is 0 Å². The first-order chi connectivity index (χ1) is 7.06. The third kappa shape index (κ3) is 9.17. The van der Waals surface area contributed by atoms with Crippen LogP contribution in [0.25, 0.3) is 0 Å². The number of amides is 1. The van der Waals surface area contributed by atoms with Gasteiger partial charge >= 0.3 is 0 Å². The molecule has 0 fully saturated rings. The van der Waals surface area contributed by atoms with Crippen molar-refractivity contribution in [1.29, 1.82) is 0 Å². The molecule has 0 aromatic rings. The zero-order valence-electron chi connectivity index (χ0n) is 8.86. The second-order valence-corrected chi connectivity index (χ2v) is 3.17. The minimum absolute atomic E-state index is 0.0346. The van der Waals surface area contributed by atoms with Gasteiger partial charge in [0.15, 0.2) is 0 Å². The summed E-state index contributed by atoms with van der Waals surface area (Å²) < 4.78 is 0. The van der Waals surface area contributed by atoms with Gasteiger partial charge in [0.2, 0.25) is 5.91 Å². The number of nitrogens with zero attached hydrogens (tertiary/aromatic N) is 1. The first-order valence-corrected chi connectivity index (χ1v) is 4.83. The second kappa shape index (κ2) is 8.19. The highest BCUT2D eigenvalue weighted by atomic mass is 16.4. The van der Waals surface area contributed by atoms with Crippen LogP contribution in [-0.2, 0) is 9.59 Å². The lowest BCUT2D eigenvalue weighted by atomic mass is 10.3. The molecule has 0 unspecified atom stereocenters. The predicted octanol–water partition coefficient (Wildman–Crippen LogP) is -2.44. The number of hydrogen-bond donors (Lipinski definition) is 2. The molecule has 6 heteroatoms. The molecule has 0 aliphatic carbocycles. The maximum absolute atomic E-state index is 10.6. The van der Waals surface area contributed by atoms with E-state index in [0.29, 0.717) is 26.2 Å². The number of carbonyl (C=O) groups excluding carboxylic acids is 2. The highest BCUT2D eigenvalue weighted by Crippen LogP contribution is 1.89. The Morgan fingerprint density at radius 3 is 2.47 bits per heavy atom. The number of carboxylic acid groups (broad SMARTS) is 1. The molecule has 2 N–H and O–H groups in total. The van der Waals surface area contributed by atoms with Crippen molar-refractivity contribution < 1.29 is 19.8 Å². The summed E-state index contributed by atoms with van der Waals surface area (Å²) in [4.78, 5) is 22.5. The Bertz CT molecular complexity index is 208. The average Bonchev–Trinajstić information content (AvgIpc) is 2.13. The fraction of sp³-hybridized carbons (Fsp3) is 0.778. The van der Waals surface area contributed by atoms with Gasteiger partial charge < -0.3 is 20.3 Å². The smallest absolute Gasteiger partial charge is 0.216 e. The van der Waals surface area contributed by atoms with Crippen molar-refractivity contribution in [1.82, 2.24) is 10.2 Å². The highest BCUT2D eigenvalue weighted by Gasteiger charge is 2.03. The quantitative estimate of drug-likeness (QED) is 0.471. The lowest BCUT2D eigenvalue weighted by Gasteiger charge is -2.21. The van der Waals surface area contributed by atoms with Crippen molar-refractivity contribution in [2.75, 3.05) is 32.8 Å². The minimum Gasteiger partial charge on any atom is -0.550 e. The third-order valence-corrected chi connectivity index (χ3v) is 1.85. The van der Waals surface area contributed by atoms with E-state index in [1.165, 1.54) is 6.92 Å². The summed E-state index contributed by atoms with van der Waals surface area (Å²) in [5.41, 5.74) is 0. The average molecular weight is 217 g/mol. The zero-order valence-corrected chi connectivity index (χ0v) is 8.86. The highest BCUT2D eigenvalue weighted by molar-refractivity contribution is 5.72. The van der Waals surface area contributed by atoms with Crippen molar-refractivity contribution >= 4 is 11.9 Å². The number of carbonyl (C=O) groups is 2. The van der Waals surface area contributed by atoms with Gasteiger partial charge in [-0.3, -0.25) is 9.69 Å². The molecule has 0 aromatic heterocycles. The van der Waals surface area contributed by atoms with E-state index in [4.69, 9.17) is 5.11 Å². The number of nitrogens with one attached hydrogen (secondary N) is 1. The van der Waals surface area contributed by atoms with Crippen LogP contribution in [0.5, 0.6) is 0 Å². The fourth-order valence-corrected chi connectivity index (χ4v) is 1.12.